The summed E-state index contributed by atoms with van der Waals surface area (Å²) >= 11 is 5.99. The topological polar surface area (TPSA) is 75.3 Å². The minimum absolute atomic E-state index is 0.129. The van der Waals surface area contributed by atoms with Gasteiger partial charge in [0.05, 0.1) is 16.3 Å². The van der Waals surface area contributed by atoms with Gasteiger partial charge in [0.25, 0.3) is 0 Å². The van der Waals surface area contributed by atoms with Crippen molar-refractivity contribution in [1.82, 2.24) is 0 Å². The predicted molar refractivity (Wildman–Crippen MR) is 64.0 cm³/mol. The van der Waals surface area contributed by atoms with Crippen molar-refractivity contribution in [3.63, 3.8) is 0 Å². The third-order valence-corrected chi connectivity index (χ3v) is 3.08. The minimum atomic E-state index is -1.02. The van der Waals surface area contributed by atoms with Gasteiger partial charge in [0.1, 0.15) is 0 Å². The monoisotopic (exact) mass is 240 g/mol. The largest absolute Gasteiger partial charge is 0.478 e. The van der Waals surface area contributed by atoms with E-state index in [1.54, 1.807) is 6.07 Å². The Morgan fingerprint density at radius 3 is 2.75 bits per heavy atom. The standard InChI is InChI=1S/C11H13ClN2O2/c1-5-2-9(5)14-10-7(11(15)16)3-6(13)4-8(10)12/h3-5,9,14H,2,13H2,1H3,(H,15,16). The quantitative estimate of drug-likeness (QED) is 0.710. The molecule has 2 unspecified atom stereocenters. The Hall–Kier alpha value is -1.42. The van der Waals surface area contributed by atoms with Crippen LogP contribution in [0.4, 0.5) is 11.4 Å². The third-order valence-electron chi connectivity index (χ3n) is 2.78. The molecule has 0 amide bonds. The average molecular weight is 241 g/mol. The normalized spacial score (nSPS) is 22.9. The molecule has 86 valence electrons. The summed E-state index contributed by atoms with van der Waals surface area (Å²) in [5.74, 6) is -0.458. The highest BCUT2D eigenvalue weighted by atomic mass is 35.5. The number of aromatic carboxylic acids is 1. The van der Waals surface area contributed by atoms with Gasteiger partial charge in [0, 0.05) is 11.7 Å². The Bertz CT molecular complexity index is 448. The van der Waals surface area contributed by atoms with Gasteiger partial charge in [0.15, 0.2) is 0 Å². The van der Waals surface area contributed by atoms with Crippen molar-refractivity contribution < 1.29 is 9.90 Å². The number of nitrogen functional groups attached to an aromatic ring is 1. The van der Waals surface area contributed by atoms with Crippen molar-refractivity contribution >= 4 is 28.9 Å². The second-order valence-corrected chi connectivity index (χ2v) is 4.60. The Balaban J connectivity index is 2.36. The molecule has 1 aliphatic carbocycles. The van der Waals surface area contributed by atoms with Crippen LogP contribution < -0.4 is 11.1 Å². The lowest BCUT2D eigenvalue weighted by atomic mass is 10.1. The fourth-order valence-corrected chi connectivity index (χ4v) is 1.93. The van der Waals surface area contributed by atoms with Gasteiger partial charge in [-0.05, 0) is 24.5 Å². The van der Waals surface area contributed by atoms with Crippen molar-refractivity contribution in [3.05, 3.63) is 22.7 Å². The number of nitrogens with one attached hydrogen (secondary N) is 1. The summed E-state index contributed by atoms with van der Waals surface area (Å²) in [7, 11) is 0. The van der Waals surface area contributed by atoms with Gasteiger partial charge in [-0.3, -0.25) is 0 Å². The molecule has 16 heavy (non-hydrogen) atoms. The van der Waals surface area contributed by atoms with Crippen molar-refractivity contribution in [3.8, 4) is 0 Å². The molecule has 0 bridgehead atoms. The van der Waals surface area contributed by atoms with E-state index >= 15 is 0 Å². The van der Waals surface area contributed by atoms with Crippen LogP contribution in [0.1, 0.15) is 23.7 Å². The molecule has 1 aromatic rings. The first kappa shape index (κ1) is 11.1. The fourth-order valence-electron chi connectivity index (χ4n) is 1.65. The summed E-state index contributed by atoms with van der Waals surface area (Å²) < 4.78 is 0. The molecular weight excluding hydrogens is 228 g/mol. The number of rotatable bonds is 3. The Kier molecular flexibility index (Phi) is 2.68. The summed E-state index contributed by atoms with van der Waals surface area (Å²) in [5, 5.41) is 12.6. The summed E-state index contributed by atoms with van der Waals surface area (Å²) in [5.41, 5.74) is 6.52. The molecule has 4 N–H and O–H groups in total. The molecule has 4 nitrogen and oxygen atoms in total. The Morgan fingerprint density at radius 1 is 1.62 bits per heavy atom. The number of benzene rings is 1. The number of carboxylic acid groups (broad SMARTS) is 1. The first-order chi connectivity index (χ1) is 7.49. The lowest BCUT2D eigenvalue weighted by Gasteiger charge is -2.12. The molecule has 2 rings (SSSR count). The summed E-state index contributed by atoms with van der Waals surface area (Å²) in [6.07, 6.45) is 1.04. The molecule has 5 heteroatoms. The van der Waals surface area contributed by atoms with Crippen LogP contribution in [0, 0.1) is 5.92 Å². The zero-order valence-electron chi connectivity index (χ0n) is 8.83. The van der Waals surface area contributed by atoms with E-state index in [9.17, 15) is 4.79 Å². The van der Waals surface area contributed by atoms with Gasteiger partial charge in [-0.15, -0.1) is 0 Å². The van der Waals surface area contributed by atoms with Gasteiger partial charge >= 0.3 is 5.97 Å². The molecule has 0 spiro atoms. The lowest BCUT2D eigenvalue weighted by Crippen LogP contribution is -2.10. The zero-order chi connectivity index (χ0) is 11.9. The molecule has 1 aliphatic rings. The SMILES string of the molecule is CC1CC1Nc1c(Cl)cc(N)cc1C(=O)O. The van der Waals surface area contributed by atoms with Crippen LogP contribution in [-0.2, 0) is 0 Å². The Labute approximate surface area is 98.4 Å². The lowest BCUT2D eigenvalue weighted by molar-refractivity contribution is 0.0698. The maximum Gasteiger partial charge on any atom is 0.337 e. The van der Waals surface area contributed by atoms with Crippen molar-refractivity contribution in [2.24, 2.45) is 5.92 Å². The van der Waals surface area contributed by atoms with Crippen molar-refractivity contribution in [2.45, 2.75) is 19.4 Å². The molecule has 0 aromatic heterocycles. The number of anilines is 2. The van der Waals surface area contributed by atoms with E-state index < -0.39 is 5.97 Å². The van der Waals surface area contributed by atoms with E-state index in [2.05, 4.69) is 12.2 Å². The smallest absolute Gasteiger partial charge is 0.337 e. The second kappa shape index (κ2) is 3.87. The second-order valence-electron chi connectivity index (χ2n) is 4.19. The fraction of sp³-hybridized carbons (Fsp3) is 0.364. The van der Waals surface area contributed by atoms with Gasteiger partial charge in [-0.2, -0.15) is 0 Å². The van der Waals surface area contributed by atoms with E-state index in [4.69, 9.17) is 22.4 Å². The van der Waals surface area contributed by atoms with Crippen LogP contribution in [0.3, 0.4) is 0 Å². The van der Waals surface area contributed by atoms with Crippen LogP contribution in [0.2, 0.25) is 5.02 Å². The summed E-state index contributed by atoms with van der Waals surface area (Å²) in [4.78, 5) is 11.1. The maximum absolute atomic E-state index is 11.1. The number of halogens is 1. The van der Waals surface area contributed by atoms with Crippen LogP contribution in [0.5, 0.6) is 0 Å². The van der Waals surface area contributed by atoms with Gasteiger partial charge in [-0.1, -0.05) is 18.5 Å². The molecule has 0 heterocycles. The molecule has 1 saturated carbocycles. The molecule has 0 aliphatic heterocycles. The van der Waals surface area contributed by atoms with Gasteiger partial charge in [-0.25, -0.2) is 4.79 Å². The maximum atomic E-state index is 11.1. The highest BCUT2D eigenvalue weighted by molar-refractivity contribution is 6.34. The van der Waals surface area contributed by atoms with E-state index in [1.807, 2.05) is 0 Å². The van der Waals surface area contributed by atoms with E-state index in [-0.39, 0.29) is 5.56 Å². The Morgan fingerprint density at radius 2 is 2.25 bits per heavy atom. The molecule has 1 aromatic carbocycles. The van der Waals surface area contributed by atoms with E-state index in [0.29, 0.717) is 28.4 Å². The van der Waals surface area contributed by atoms with Crippen LogP contribution in [0.15, 0.2) is 12.1 Å². The first-order valence-corrected chi connectivity index (χ1v) is 5.45. The van der Waals surface area contributed by atoms with Crippen LogP contribution in [-0.4, -0.2) is 17.1 Å². The highest BCUT2D eigenvalue weighted by Crippen LogP contribution is 2.37. The van der Waals surface area contributed by atoms with Crippen molar-refractivity contribution in [2.75, 3.05) is 11.1 Å². The minimum Gasteiger partial charge on any atom is -0.478 e. The first-order valence-electron chi connectivity index (χ1n) is 5.08. The molecule has 2 atom stereocenters. The van der Waals surface area contributed by atoms with Crippen LogP contribution in [0.25, 0.3) is 0 Å². The highest BCUT2D eigenvalue weighted by Gasteiger charge is 2.33. The summed E-state index contributed by atoms with van der Waals surface area (Å²) in [6, 6.07) is 3.30. The summed E-state index contributed by atoms with van der Waals surface area (Å²) in [6.45, 7) is 2.10. The predicted octanol–water partition coefficient (Wildman–Crippen LogP) is 2.44. The van der Waals surface area contributed by atoms with Gasteiger partial charge < -0.3 is 16.2 Å². The number of nitrogens with two attached hydrogens (primary N) is 1. The number of carbonyl (C=O) groups is 1. The number of hydrogen-bond donors (Lipinski definition) is 3. The zero-order valence-corrected chi connectivity index (χ0v) is 9.58. The van der Waals surface area contributed by atoms with Crippen molar-refractivity contribution in [1.29, 1.82) is 0 Å². The third kappa shape index (κ3) is 2.07. The van der Waals surface area contributed by atoms with Crippen LogP contribution >= 0.6 is 11.6 Å². The number of hydrogen-bond acceptors (Lipinski definition) is 3. The number of carboxylic acids is 1. The van der Waals surface area contributed by atoms with Gasteiger partial charge in [0.2, 0.25) is 0 Å². The molecule has 1 fully saturated rings. The van der Waals surface area contributed by atoms with E-state index in [0.717, 1.165) is 6.42 Å². The molecule has 0 radical (unpaired) electrons. The van der Waals surface area contributed by atoms with E-state index in [1.165, 1.54) is 6.07 Å². The molecular formula is C11H13ClN2O2. The average Bonchev–Trinajstić information content (AvgIpc) is 2.86. The molecule has 0 saturated heterocycles.